The molecule has 0 bridgehead atoms. The van der Waals surface area contributed by atoms with Crippen LogP contribution in [0.25, 0.3) is 11.0 Å². The van der Waals surface area contributed by atoms with Crippen LogP contribution in [-0.2, 0) is 4.79 Å². The highest BCUT2D eigenvalue weighted by Gasteiger charge is 2.44. The van der Waals surface area contributed by atoms with Gasteiger partial charge < -0.3 is 24.1 Å². The highest BCUT2D eigenvalue weighted by atomic mass is 16.5. The van der Waals surface area contributed by atoms with E-state index in [2.05, 4.69) is 0 Å². The Bertz CT molecular complexity index is 1260. The average Bonchev–Trinajstić information content (AvgIpc) is 3.34. The lowest BCUT2D eigenvalue weighted by atomic mass is 9.94. The van der Waals surface area contributed by atoms with E-state index in [0.717, 1.165) is 17.4 Å². The zero-order chi connectivity index (χ0) is 24.4. The molecular weight excluding hydrogens is 432 g/mol. The van der Waals surface area contributed by atoms with Crippen molar-refractivity contribution in [3.05, 3.63) is 76.8 Å². The quantitative estimate of drug-likeness (QED) is 0.465. The number of furan rings is 1. The highest BCUT2D eigenvalue weighted by Crippen LogP contribution is 2.40. The Morgan fingerprint density at radius 1 is 1.18 bits per heavy atom. The minimum atomic E-state index is -0.750. The van der Waals surface area contributed by atoms with Crippen LogP contribution in [-0.4, -0.2) is 60.4 Å². The lowest BCUT2D eigenvalue weighted by molar-refractivity contribution is -0.129. The Kier molecular flexibility index (Phi) is 6.75. The van der Waals surface area contributed by atoms with E-state index in [4.69, 9.17) is 9.15 Å². The summed E-state index contributed by atoms with van der Waals surface area (Å²) in [5.74, 6) is -0.867. The van der Waals surface area contributed by atoms with Gasteiger partial charge >= 0.3 is 0 Å². The topological polar surface area (TPSA) is 83.2 Å². The van der Waals surface area contributed by atoms with Crippen LogP contribution in [0.3, 0.4) is 0 Å². The molecule has 1 aliphatic rings. The number of fused-ring (bicyclic) bond motifs is 1. The SMILES string of the molecule is CCCOc1cccc(C2C(C(=O)c3cc4cc(C)ccc4o3)=C(O)C(=O)N2CCN(C)C)c1. The van der Waals surface area contributed by atoms with E-state index in [1.54, 1.807) is 6.07 Å². The van der Waals surface area contributed by atoms with Gasteiger partial charge in [0.25, 0.3) is 5.91 Å². The van der Waals surface area contributed by atoms with Gasteiger partial charge in [-0.25, -0.2) is 0 Å². The number of aliphatic hydroxyl groups is 1. The van der Waals surface area contributed by atoms with Crippen molar-refractivity contribution >= 4 is 22.7 Å². The number of Topliss-reactive ketones (excluding diaryl/α,β-unsaturated/α-hetero) is 1. The largest absolute Gasteiger partial charge is 0.503 e. The molecule has 0 radical (unpaired) electrons. The number of benzene rings is 2. The number of nitrogens with zero attached hydrogens (tertiary/aromatic N) is 2. The number of amides is 1. The van der Waals surface area contributed by atoms with Crippen LogP contribution < -0.4 is 4.74 Å². The molecule has 1 aromatic heterocycles. The lowest BCUT2D eigenvalue weighted by Gasteiger charge is -2.28. The highest BCUT2D eigenvalue weighted by molar-refractivity contribution is 6.16. The lowest BCUT2D eigenvalue weighted by Crippen LogP contribution is -2.36. The molecule has 0 fully saturated rings. The molecule has 4 rings (SSSR count). The van der Waals surface area contributed by atoms with Crippen LogP contribution in [0.4, 0.5) is 0 Å². The van der Waals surface area contributed by atoms with Gasteiger partial charge in [0.2, 0.25) is 5.78 Å². The number of carbonyl (C=O) groups is 2. The second kappa shape index (κ2) is 9.73. The van der Waals surface area contributed by atoms with Crippen molar-refractivity contribution in [2.75, 3.05) is 33.8 Å². The van der Waals surface area contributed by atoms with Crippen LogP contribution in [0.1, 0.15) is 41.1 Å². The number of ether oxygens (including phenoxy) is 1. The first kappa shape index (κ1) is 23.6. The molecule has 2 heterocycles. The minimum absolute atomic E-state index is 0.0205. The molecule has 0 saturated carbocycles. The van der Waals surface area contributed by atoms with Gasteiger partial charge in [0.05, 0.1) is 18.2 Å². The van der Waals surface area contributed by atoms with Crippen LogP contribution in [0, 0.1) is 6.92 Å². The van der Waals surface area contributed by atoms with E-state index >= 15 is 0 Å². The molecule has 0 aliphatic carbocycles. The smallest absolute Gasteiger partial charge is 0.290 e. The summed E-state index contributed by atoms with van der Waals surface area (Å²) in [4.78, 5) is 30.2. The summed E-state index contributed by atoms with van der Waals surface area (Å²) in [7, 11) is 3.81. The van der Waals surface area contributed by atoms with E-state index in [-0.39, 0.29) is 11.3 Å². The Morgan fingerprint density at radius 3 is 2.71 bits per heavy atom. The van der Waals surface area contributed by atoms with Crippen molar-refractivity contribution in [1.29, 1.82) is 0 Å². The number of aliphatic hydroxyl groups excluding tert-OH is 1. The number of hydrogen-bond acceptors (Lipinski definition) is 6. The van der Waals surface area contributed by atoms with Gasteiger partial charge in [0.15, 0.2) is 11.5 Å². The van der Waals surface area contributed by atoms with Crippen molar-refractivity contribution in [3.63, 3.8) is 0 Å². The van der Waals surface area contributed by atoms with E-state index in [9.17, 15) is 14.7 Å². The van der Waals surface area contributed by atoms with Gasteiger partial charge in [0.1, 0.15) is 11.3 Å². The monoisotopic (exact) mass is 462 g/mol. The number of aryl methyl sites for hydroxylation is 1. The van der Waals surface area contributed by atoms with Crippen molar-refractivity contribution < 1.29 is 23.8 Å². The number of carbonyl (C=O) groups excluding carboxylic acids is 2. The normalized spacial score (nSPS) is 16.2. The summed E-state index contributed by atoms with van der Waals surface area (Å²) in [6, 6.07) is 13.9. The maximum absolute atomic E-state index is 13.6. The second-order valence-corrected chi connectivity index (χ2v) is 8.87. The number of hydrogen-bond donors (Lipinski definition) is 1. The van der Waals surface area contributed by atoms with Gasteiger partial charge in [-0.05, 0) is 63.3 Å². The maximum Gasteiger partial charge on any atom is 0.290 e. The molecule has 2 aromatic carbocycles. The average molecular weight is 463 g/mol. The molecule has 1 unspecified atom stereocenters. The fourth-order valence-corrected chi connectivity index (χ4v) is 4.17. The molecule has 0 spiro atoms. The number of rotatable bonds is 9. The fourth-order valence-electron chi connectivity index (χ4n) is 4.17. The first-order chi connectivity index (χ1) is 16.3. The van der Waals surface area contributed by atoms with Gasteiger partial charge in [-0.3, -0.25) is 9.59 Å². The molecule has 1 atom stereocenters. The van der Waals surface area contributed by atoms with Crippen molar-refractivity contribution in [3.8, 4) is 5.75 Å². The predicted octanol–water partition coefficient (Wildman–Crippen LogP) is 4.67. The first-order valence-corrected chi connectivity index (χ1v) is 11.5. The summed E-state index contributed by atoms with van der Waals surface area (Å²) >= 11 is 0. The molecule has 1 amide bonds. The molecule has 0 saturated heterocycles. The summed E-state index contributed by atoms with van der Waals surface area (Å²) in [5.41, 5.74) is 2.34. The minimum Gasteiger partial charge on any atom is -0.503 e. The maximum atomic E-state index is 13.6. The molecule has 1 aliphatic heterocycles. The molecule has 178 valence electrons. The zero-order valence-corrected chi connectivity index (χ0v) is 20.0. The van der Waals surface area contributed by atoms with Crippen molar-refractivity contribution in [2.24, 2.45) is 0 Å². The molecule has 7 nitrogen and oxygen atoms in total. The van der Waals surface area contributed by atoms with Crippen LogP contribution >= 0.6 is 0 Å². The van der Waals surface area contributed by atoms with E-state index in [1.165, 1.54) is 4.90 Å². The molecule has 34 heavy (non-hydrogen) atoms. The molecule has 7 heteroatoms. The molecular formula is C27H30N2O5. The van der Waals surface area contributed by atoms with Crippen LogP contribution in [0.5, 0.6) is 5.75 Å². The van der Waals surface area contributed by atoms with Gasteiger partial charge in [-0.1, -0.05) is 30.7 Å². The van der Waals surface area contributed by atoms with E-state index < -0.39 is 23.5 Å². The summed E-state index contributed by atoms with van der Waals surface area (Å²) in [5, 5.41) is 11.7. The first-order valence-electron chi connectivity index (χ1n) is 11.5. The number of ketones is 1. The van der Waals surface area contributed by atoms with E-state index in [0.29, 0.717) is 36.6 Å². The third-order valence-electron chi connectivity index (χ3n) is 5.88. The summed E-state index contributed by atoms with van der Waals surface area (Å²) in [6.45, 7) is 5.46. The third kappa shape index (κ3) is 4.56. The Hall–Kier alpha value is -3.58. The second-order valence-electron chi connectivity index (χ2n) is 8.87. The van der Waals surface area contributed by atoms with Crippen LogP contribution in [0.15, 0.2) is 64.3 Å². The summed E-state index contributed by atoms with van der Waals surface area (Å²) in [6.07, 6.45) is 0.858. The zero-order valence-electron chi connectivity index (χ0n) is 20.0. The van der Waals surface area contributed by atoms with Crippen LogP contribution in [0.2, 0.25) is 0 Å². The third-order valence-corrected chi connectivity index (χ3v) is 5.88. The Labute approximate surface area is 199 Å². The number of likely N-dealkylation sites (N-methyl/N-ethyl adjacent to an activating group) is 1. The van der Waals surface area contributed by atoms with Crippen molar-refractivity contribution in [1.82, 2.24) is 9.80 Å². The Balaban J connectivity index is 1.77. The summed E-state index contributed by atoms with van der Waals surface area (Å²) < 4.78 is 11.6. The molecule has 3 aromatic rings. The van der Waals surface area contributed by atoms with Crippen molar-refractivity contribution in [2.45, 2.75) is 26.3 Å². The van der Waals surface area contributed by atoms with Gasteiger partial charge in [0, 0.05) is 18.5 Å². The standard InChI is InChI=1S/C27H30N2O5/c1-5-13-33-20-8-6-7-18(15-20)24-23(26(31)27(32)29(24)12-11-28(3)4)25(30)22-16-19-14-17(2)9-10-21(19)34-22/h6-10,14-16,24,31H,5,11-13H2,1-4H3. The predicted molar refractivity (Wildman–Crippen MR) is 130 cm³/mol. The van der Waals surface area contributed by atoms with Gasteiger partial charge in [-0.2, -0.15) is 0 Å². The van der Waals surface area contributed by atoms with Gasteiger partial charge in [-0.15, -0.1) is 0 Å². The Morgan fingerprint density at radius 2 is 1.97 bits per heavy atom. The van der Waals surface area contributed by atoms with E-state index in [1.807, 2.05) is 75.3 Å². The fraction of sp³-hybridized carbons (Fsp3) is 0.333. The molecule has 1 N–H and O–H groups in total.